The van der Waals surface area contributed by atoms with Crippen molar-refractivity contribution >= 4 is 0 Å². The lowest BCUT2D eigenvalue weighted by atomic mass is 9.98. The van der Waals surface area contributed by atoms with Crippen LogP contribution in [0, 0.1) is 5.92 Å². The summed E-state index contributed by atoms with van der Waals surface area (Å²) < 4.78 is 0. The molecule has 0 aliphatic carbocycles. The number of hydrogen-bond acceptors (Lipinski definition) is 5. The predicted octanol–water partition coefficient (Wildman–Crippen LogP) is -0.968. The molecular formula is C12H26N4O. The van der Waals surface area contributed by atoms with Crippen molar-refractivity contribution in [2.45, 2.75) is 12.5 Å². The SMILES string of the molecule is C=C(N)C(CN)CC(O)CN1CCN(C)CC1. The Kier molecular flexibility index (Phi) is 5.91. The van der Waals surface area contributed by atoms with Gasteiger partial charge in [-0.1, -0.05) is 6.58 Å². The van der Waals surface area contributed by atoms with Crippen LogP contribution in [0.2, 0.25) is 0 Å². The van der Waals surface area contributed by atoms with Crippen molar-refractivity contribution in [1.82, 2.24) is 9.80 Å². The first-order chi connectivity index (χ1) is 8.02. The molecule has 0 saturated carbocycles. The molecule has 0 aromatic rings. The van der Waals surface area contributed by atoms with Gasteiger partial charge in [0.15, 0.2) is 0 Å². The third-order valence-electron chi connectivity index (χ3n) is 3.43. The molecule has 17 heavy (non-hydrogen) atoms. The zero-order chi connectivity index (χ0) is 12.8. The van der Waals surface area contributed by atoms with Gasteiger partial charge in [-0.3, -0.25) is 4.90 Å². The van der Waals surface area contributed by atoms with E-state index >= 15 is 0 Å². The average Bonchev–Trinajstić information content (AvgIpc) is 2.28. The monoisotopic (exact) mass is 242 g/mol. The molecule has 1 heterocycles. The molecule has 5 N–H and O–H groups in total. The van der Waals surface area contributed by atoms with Crippen LogP contribution < -0.4 is 11.5 Å². The number of hydrogen-bond donors (Lipinski definition) is 3. The largest absolute Gasteiger partial charge is 0.402 e. The van der Waals surface area contributed by atoms with Gasteiger partial charge in [-0.15, -0.1) is 0 Å². The molecule has 0 radical (unpaired) electrons. The minimum absolute atomic E-state index is 0.0254. The Morgan fingerprint density at radius 3 is 2.41 bits per heavy atom. The van der Waals surface area contributed by atoms with Gasteiger partial charge in [0.25, 0.3) is 0 Å². The fourth-order valence-corrected chi connectivity index (χ4v) is 2.13. The fourth-order valence-electron chi connectivity index (χ4n) is 2.13. The van der Waals surface area contributed by atoms with Crippen LogP contribution in [0.5, 0.6) is 0 Å². The van der Waals surface area contributed by atoms with Crippen molar-refractivity contribution in [2.75, 3.05) is 46.3 Å². The van der Waals surface area contributed by atoms with E-state index in [9.17, 15) is 5.11 Å². The van der Waals surface area contributed by atoms with Crippen molar-refractivity contribution in [3.8, 4) is 0 Å². The number of rotatable bonds is 6. The minimum Gasteiger partial charge on any atom is -0.402 e. The van der Waals surface area contributed by atoms with Crippen molar-refractivity contribution in [2.24, 2.45) is 17.4 Å². The van der Waals surface area contributed by atoms with Crippen molar-refractivity contribution < 1.29 is 5.11 Å². The molecule has 1 aliphatic rings. The van der Waals surface area contributed by atoms with Gasteiger partial charge in [0.1, 0.15) is 0 Å². The van der Waals surface area contributed by atoms with Crippen LogP contribution >= 0.6 is 0 Å². The fraction of sp³-hybridized carbons (Fsp3) is 0.833. The third kappa shape index (κ3) is 5.04. The van der Waals surface area contributed by atoms with Crippen LogP contribution in [0.1, 0.15) is 6.42 Å². The molecule has 1 aliphatic heterocycles. The molecule has 0 spiro atoms. The van der Waals surface area contributed by atoms with Crippen LogP contribution in [0.4, 0.5) is 0 Å². The highest BCUT2D eigenvalue weighted by molar-refractivity contribution is 4.96. The van der Waals surface area contributed by atoms with Gasteiger partial charge < -0.3 is 21.5 Å². The minimum atomic E-state index is -0.368. The van der Waals surface area contributed by atoms with Gasteiger partial charge in [-0.2, -0.15) is 0 Å². The van der Waals surface area contributed by atoms with E-state index in [-0.39, 0.29) is 12.0 Å². The molecule has 0 aromatic carbocycles. The standard InChI is InChI=1S/C12H26N4O/c1-10(14)11(8-13)7-12(17)9-16-5-3-15(2)4-6-16/h11-12,17H,1,3-9,13-14H2,2H3. The molecule has 1 rings (SSSR count). The van der Waals surface area contributed by atoms with Gasteiger partial charge in [0.05, 0.1) is 6.10 Å². The normalized spacial score (nSPS) is 22.3. The molecule has 0 bridgehead atoms. The summed E-state index contributed by atoms with van der Waals surface area (Å²) in [4.78, 5) is 4.59. The molecule has 0 aromatic heterocycles. The quantitative estimate of drug-likeness (QED) is 0.559. The van der Waals surface area contributed by atoms with E-state index in [4.69, 9.17) is 11.5 Å². The second-order valence-corrected chi connectivity index (χ2v) is 5.00. The summed E-state index contributed by atoms with van der Waals surface area (Å²) in [5.74, 6) is 0.0254. The molecule has 100 valence electrons. The van der Waals surface area contributed by atoms with Gasteiger partial charge >= 0.3 is 0 Å². The summed E-state index contributed by atoms with van der Waals surface area (Å²) >= 11 is 0. The molecular weight excluding hydrogens is 216 g/mol. The maximum Gasteiger partial charge on any atom is 0.0674 e. The van der Waals surface area contributed by atoms with E-state index in [1.54, 1.807) is 0 Å². The topological polar surface area (TPSA) is 78.7 Å². The zero-order valence-electron chi connectivity index (χ0n) is 10.8. The van der Waals surface area contributed by atoms with E-state index < -0.39 is 0 Å². The van der Waals surface area contributed by atoms with Crippen molar-refractivity contribution in [3.05, 3.63) is 12.3 Å². The summed E-state index contributed by atoms with van der Waals surface area (Å²) in [5, 5.41) is 10.0. The molecule has 1 saturated heterocycles. The third-order valence-corrected chi connectivity index (χ3v) is 3.43. The Labute approximate surface area is 104 Å². The van der Waals surface area contributed by atoms with Crippen LogP contribution in [-0.4, -0.2) is 67.3 Å². The summed E-state index contributed by atoms with van der Waals surface area (Å²) in [5.41, 5.74) is 11.8. The number of likely N-dealkylation sites (N-methyl/N-ethyl adjacent to an activating group) is 1. The number of nitrogens with two attached hydrogens (primary N) is 2. The zero-order valence-corrected chi connectivity index (χ0v) is 10.8. The van der Waals surface area contributed by atoms with Gasteiger partial charge in [-0.25, -0.2) is 0 Å². The summed E-state index contributed by atoms with van der Waals surface area (Å²) in [6.45, 7) is 9.03. The average molecular weight is 242 g/mol. The van der Waals surface area contributed by atoms with E-state index in [0.717, 1.165) is 26.2 Å². The highest BCUT2D eigenvalue weighted by atomic mass is 16.3. The van der Waals surface area contributed by atoms with Gasteiger partial charge in [0, 0.05) is 50.9 Å². The molecule has 5 nitrogen and oxygen atoms in total. The van der Waals surface area contributed by atoms with E-state index in [1.807, 2.05) is 0 Å². The molecule has 0 amide bonds. The second kappa shape index (κ2) is 6.96. The Bertz CT molecular complexity index is 239. The number of β-amino-alcohol motifs (C(OH)–C–C–N with tert-alkyl or cyclic N) is 1. The van der Waals surface area contributed by atoms with E-state index in [2.05, 4.69) is 23.4 Å². The summed E-state index contributed by atoms with van der Waals surface area (Å²) in [7, 11) is 2.12. The molecule has 2 atom stereocenters. The first-order valence-electron chi connectivity index (χ1n) is 6.26. The Morgan fingerprint density at radius 1 is 1.35 bits per heavy atom. The Morgan fingerprint density at radius 2 is 1.94 bits per heavy atom. The highest BCUT2D eigenvalue weighted by Crippen LogP contribution is 2.12. The van der Waals surface area contributed by atoms with Crippen LogP contribution in [0.15, 0.2) is 12.3 Å². The second-order valence-electron chi connectivity index (χ2n) is 5.00. The number of piperazine rings is 1. The molecule has 1 fully saturated rings. The number of nitrogens with zero attached hydrogens (tertiary/aromatic N) is 2. The van der Waals surface area contributed by atoms with Gasteiger partial charge in [-0.05, 0) is 13.5 Å². The lowest BCUT2D eigenvalue weighted by molar-refractivity contribution is 0.0694. The number of aliphatic hydroxyl groups excluding tert-OH is 1. The van der Waals surface area contributed by atoms with Gasteiger partial charge in [0.2, 0.25) is 0 Å². The smallest absolute Gasteiger partial charge is 0.0674 e. The van der Waals surface area contributed by atoms with Crippen LogP contribution in [0.25, 0.3) is 0 Å². The van der Waals surface area contributed by atoms with Crippen LogP contribution in [-0.2, 0) is 0 Å². The Balaban J connectivity index is 2.28. The van der Waals surface area contributed by atoms with Crippen molar-refractivity contribution in [3.63, 3.8) is 0 Å². The Hall–Kier alpha value is -0.620. The van der Waals surface area contributed by atoms with E-state index in [0.29, 0.717) is 25.2 Å². The lowest BCUT2D eigenvalue weighted by Gasteiger charge is -2.34. The first kappa shape index (κ1) is 14.4. The summed E-state index contributed by atoms with van der Waals surface area (Å²) in [6, 6.07) is 0. The molecule has 2 unspecified atom stereocenters. The van der Waals surface area contributed by atoms with Crippen LogP contribution in [0.3, 0.4) is 0 Å². The highest BCUT2D eigenvalue weighted by Gasteiger charge is 2.19. The molecule has 5 heteroatoms. The number of aliphatic hydroxyl groups is 1. The van der Waals surface area contributed by atoms with Crippen molar-refractivity contribution in [1.29, 1.82) is 0 Å². The lowest BCUT2D eigenvalue weighted by Crippen LogP contribution is -2.47. The predicted molar refractivity (Wildman–Crippen MR) is 70.4 cm³/mol. The van der Waals surface area contributed by atoms with E-state index in [1.165, 1.54) is 0 Å². The first-order valence-corrected chi connectivity index (χ1v) is 6.26. The summed E-state index contributed by atoms with van der Waals surface area (Å²) in [6.07, 6.45) is 0.241. The maximum atomic E-state index is 10.0. The maximum absolute atomic E-state index is 10.0.